The summed E-state index contributed by atoms with van der Waals surface area (Å²) in [6, 6.07) is 17.6. The number of para-hydroxylation sites is 1. The summed E-state index contributed by atoms with van der Waals surface area (Å²) < 4.78 is 17.9. The fourth-order valence-electron chi connectivity index (χ4n) is 3.42. The van der Waals surface area contributed by atoms with E-state index in [2.05, 4.69) is 17.7 Å². The van der Waals surface area contributed by atoms with Gasteiger partial charge in [0.25, 0.3) is 0 Å². The van der Waals surface area contributed by atoms with Crippen LogP contribution in [0.4, 0.5) is 0 Å². The number of hydrogen-bond donors (Lipinski definition) is 1. The second-order valence-corrected chi connectivity index (χ2v) is 10.7. The highest BCUT2D eigenvalue weighted by Gasteiger charge is 2.53. The summed E-state index contributed by atoms with van der Waals surface area (Å²) in [5, 5.41) is 4.47. The van der Waals surface area contributed by atoms with E-state index in [-0.39, 0.29) is 18.5 Å². The number of carbonyl (C=O) groups is 2. The molecule has 4 rings (SSSR count). The maximum Gasteiger partial charge on any atom is 0.348 e. The molecule has 1 saturated carbocycles. The van der Waals surface area contributed by atoms with Crippen LogP contribution in [-0.2, 0) is 20.4 Å². The fourth-order valence-corrected chi connectivity index (χ4v) is 6.25. The van der Waals surface area contributed by atoms with Gasteiger partial charge in [0.2, 0.25) is 0 Å². The minimum atomic E-state index is -1.21. The van der Waals surface area contributed by atoms with E-state index in [0.717, 1.165) is 40.7 Å². The summed E-state index contributed by atoms with van der Waals surface area (Å²) in [5.74, 6) is 0.206. The van der Waals surface area contributed by atoms with Gasteiger partial charge in [-0.25, -0.2) is 9.88 Å². The molecule has 0 saturated heterocycles. The molecule has 178 valence electrons. The second-order valence-electron chi connectivity index (χ2n) is 8.14. The summed E-state index contributed by atoms with van der Waals surface area (Å²) in [7, 11) is -1.21. The molecule has 1 unspecified atom stereocenters. The summed E-state index contributed by atoms with van der Waals surface area (Å²) >= 11 is 1.41. The van der Waals surface area contributed by atoms with Gasteiger partial charge in [0, 0.05) is 10.9 Å². The van der Waals surface area contributed by atoms with Crippen LogP contribution in [0, 0.1) is 0 Å². The van der Waals surface area contributed by atoms with Gasteiger partial charge in [0.15, 0.2) is 8.30 Å². The SMILES string of the molecule is C=CCOC(=O)c1cc2cc(CP(NC3(C(=O)OCCC)CC3)Oc3ccccc3)ccc2s1. The summed E-state index contributed by atoms with van der Waals surface area (Å²) in [6.45, 7) is 6.17. The Hall–Kier alpha value is -2.73. The Balaban J connectivity index is 1.52. The van der Waals surface area contributed by atoms with Crippen molar-refractivity contribution in [2.45, 2.75) is 37.9 Å². The van der Waals surface area contributed by atoms with E-state index in [1.807, 2.05) is 55.5 Å². The molecule has 0 aliphatic heterocycles. The van der Waals surface area contributed by atoms with Gasteiger partial charge in [-0.2, -0.15) is 0 Å². The van der Waals surface area contributed by atoms with Crippen LogP contribution in [0.2, 0.25) is 0 Å². The minimum Gasteiger partial charge on any atom is -0.464 e. The van der Waals surface area contributed by atoms with E-state index in [1.54, 1.807) is 6.08 Å². The van der Waals surface area contributed by atoms with E-state index >= 15 is 0 Å². The largest absolute Gasteiger partial charge is 0.464 e. The van der Waals surface area contributed by atoms with Crippen molar-refractivity contribution in [1.82, 2.24) is 5.09 Å². The number of thiophene rings is 1. The zero-order valence-electron chi connectivity index (χ0n) is 19.1. The van der Waals surface area contributed by atoms with E-state index in [0.29, 0.717) is 17.6 Å². The first kappa shape index (κ1) is 24.4. The number of benzene rings is 2. The molecule has 1 N–H and O–H groups in total. The molecule has 34 heavy (non-hydrogen) atoms. The maximum atomic E-state index is 12.7. The summed E-state index contributed by atoms with van der Waals surface area (Å²) in [6.07, 6.45) is 4.44. The fraction of sp³-hybridized carbons (Fsp3) is 0.308. The molecule has 1 atom stereocenters. The van der Waals surface area contributed by atoms with Crippen LogP contribution in [0.25, 0.3) is 10.1 Å². The molecule has 3 aromatic rings. The lowest BCUT2D eigenvalue weighted by molar-refractivity contribution is -0.146. The molecular formula is C26H28NO5PS. The highest BCUT2D eigenvalue weighted by Crippen LogP contribution is 2.48. The Bertz CT molecular complexity index is 1160. The van der Waals surface area contributed by atoms with Crippen LogP contribution in [0.1, 0.15) is 41.4 Å². The zero-order valence-corrected chi connectivity index (χ0v) is 20.8. The van der Waals surface area contributed by atoms with Crippen LogP contribution in [0.15, 0.2) is 67.3 Å². The van der Waals surface area contributed by atoms with E-state index in [9.17, 15) is 9.59 Å². The van der Waals surface area contributed by atoms with Gasteiger partial charge in [-0.1, -0.05) is 43.8 Å². The van der Waals surface area contributed by atoms with Gasteiger partial charge in [-0.3, -0.25) is 4.79 Å². The molecular weight excluding hydrogens is 469 g/mol. The highest BCUT2D eigenvalue weighted by molar-refractivity contribution is 7.50. The Morgan fingerprint density at radius 3 is 2.65 bits per heavy atom. The Morgan fingerprint density at radius 1 is 1.15 bits per heavy atom. The standard InChI is InChI=1S/C26H28NO5PS/c1-3-14-30-24(28)23-17-20-16-19(10-11-22(20)34-23)18-33(32-21-8-6-5-7-9-21)27-26(12-13-26)25(29)31-15-4-2/h3,5-11,16-17,27H,1,4,12-15,18H2,2H3. The normalized spacial score (nSPS) is 14.9. The van der Waals surface area contributed by atoms with Gasteiger partial charge in [0.1, 0.15) is 22.8 Å². The van der Waals surface area contributed by atoms with Crippen molar-refractivity contribution in [3.63, 3.8) is 0 Å². The molecule has 2 aromatic carbocycles. The van der Waals surface area contributed by atoms with E-state index in [4.69, 9.17) is 14.0 Å². The van der Waals surface area contributed by atoms with Crippen LogP contribution in [-0.4, -0.2) is 30.7 Å². The van der Waals surface area contributed by atoms with E-state index in [1.165, 1.54) is 11.3 Å². The third-order valence-electron chi connectivity index (χ3n) is 5.32. The molecule has 1 aliphatic rings. The predicted octanol–water partition coefficient (Wildman–Crippen LogP) is 6.21. The Labute approximate surface area is 204 Å². The average Bonchev–Trinajstić information content (AvgIpc) is 3.50. The average molecular weight is 498 g/mol. The molecule has 0 spiro atoms. The first-order valence-electron chi connectivity index (χ1n) is 11.3. The third kappa shape index (κ3) is 6.03. The number of nitrogens with one attached hydrogen (secondary N) is 1. The van der Waals surface area contributed by atoms with Crippen molar-refractivity contribution in [2.24, 2.45) is 0 Å². The number of carbonyl (C=O) groups excluding carboxylic acids is 2. The monoisotopic (exact) mass is 497 g/mol. The van der Waals surface area contributed by atoms with Crippen molar-refractivity contribution in [1.29, 1.82) is 0 Å². The quantitative estimate of drug-likeness (QED) is 0.182. The lowest BCUT2D eigenvalue weighted by atomic mass is 10.2. The van der Waals surface area contributed by atoms with Crippen molar-refractivity contribution in [3.8, 4) is 5.75 Å². The van der Waals surface area contributed by atoms with Crippen LogP contribution in [0.5, 0.6) is 5.75 Å². The van der Waals surface area contributed by atoms with Crippen LogP contribution < -0.4 is 9.61 Å². The second kappa shape index (κ2) is 11.1. The number of rotatable bonds is 12. The molecule has 1 fully saturated rings. The van der Waals surface area contributed by atoms with Gasteiger partial charge in [-0.15, -0.1) is 11.3 Å². The van der Waals surface area contributed by atoms with Crippen molar-refractivity contribution < 1.29 is 23.6 Å². The Kier molecular flexibility index (Phi) is 7.99. The van der Waals surface area contributed by atoms with Gasteiger partial charge >= 0.3 is 11.9 Å². The molecule has 1 aliphatic carbocycles. The number of fused-ring (bicyclic) bond motifs is 1. The zero-order chi connectivity index (χ0) is 24.0. The first-order valence-corrected chi connectivity index (χ1v) is 13.6. The number of hydrogen-bond acceptors (Lipinski definition) is 7. The number of esters is 2. The predicted molar refractivity (Wildman–Crippen MR) is 136 cm³/mol. The topological polar surface area (TPSA) is 73.9 Å². The third-order valence-corrected chi connectivity index (χ3v) is 8.17. The van der Waals surface area contributed by atoms with Gasteiger partial charge < -0.3 is 14.0 Å². The van der Waals surface area contributed by atoms with E-state index < -0.39 is 13.8 Å². The molecule has 8 heteroatoms. The number of ether oxygens (including phenoxy) is 2. The lowest BCUT2D eigenvalue weighted by Gasteiger charge is -2.24. The van der Waals surface area contributed by atoms with Crippen molar-refractivity contribution >= 4 is 41.7 Å². The highest BCUT2D eigenvalue weighted by atomic mass is 32.1. The molecule has 1 aromatic heterocycles. The summed E-state index contributed by atoms with van der Waals surface area (Å²) in [4.78, 5) is 25.4. The van der Waals surface area contributed by atoms with Crippen molar-refractivity contribution in [3.05, 3.63) is 77.7 Å². The molecule has 1 heterocycles. The van der Waals surface area contributed by atoms with Crippen LogP contribution in [0.3, 0.4) is 0 Å². The molecule has 6 nitrogen and oxygen atoms in total. The smallest absolute Gasteiger partial charge is 0.348 e. The van der Waals surface area contributed by atoms with Gasteiger partial charge in [-0.05, 0) is 60.5 Å². The molecule has 0 amide bonds. The first-order chi connectivity index (χ1) is 16.5. The van der Waals surface area contributed by atoms with Gasteiger partial charge in [0.05, 0.1) is 6.61 Å². The lowest BCUT2D eigenvalue weighted by Crippen LogP contribution is -2.38. The molecule has 0 bridgehead atoms. The maximum absolute atomic E-state index is 12.7. The van der Waals surface area contributed by atoms with Crippen molar-refractivity contribution in [2.75, 3.05) is 13.2 Å². The minimum absolute atomic E-state index is 0.188. The molecule has 0 radical (unpaired) electrons. The van der Waals surface area contributed by atoms with Crippen LogP contribution >= 0.6 is 19.6 Å². The summed E-state index contributed by atoms with van der Waals surface area (Å²) in [5.41, 5.74) is 0.396. The Morgan fingerprint density at radius 2 is 1.94 bits per heavy atom.